The normalized spacial score (nSPS) is 15.9. The molecule has 1 N–H and O–H groups in total. The highest BCUT2D eigenvalue weighted by molar-refractivity contribution is 6.30. The number of allylic oxidation sites excluding steroid dienone is 1. The van der Waals surface area contributed by atoms with Crippen LogP contribution in [0.2, 0.25) is 5.02 Å². The molecule has 0 fully saturated rings. The highest BCUT2D eigenvalue weighted by atomic mass is 35.5. The molecule has 1 atom stereocenters. The molecule has 2 amide bonds. The van der Waals surface area contributed by atoms with Crippen LogP contribution in [0.1, 0.15) is 41.1 Å². The van der Waals surface area contributed by atoms with Crippen molar-refractivity contribution in [3.8, 4) is 11.4 Å². The van der Waals surface area contributed by atoms with Gasteiger partial charge in [0, 0.05) is 16.3 Å². The molecule has 1 aromatic heterocycles. The van der Waals surface area contributed by atoms with Gasteiger partial charge in [-0.05, 0) is 61.7 Å². The lowest BCUT2D eigenvalue weighted by Gasteiger charge is -2.35. The molecule has 35 heavy (non-hydrogen) atoms. The molecule has 2 heterocycles. The molecule has 3 aromatic carbocycles. The number of aromatic nitrogens is 2. The molecular weight excluding hydrogens is 460 g/mol. The van der Waals surface area contributed by atoms with Gasteiger partial charge in [-0.1, -0.05) is 70.9 Å². The molecule has 6 nitrogen and oxygen atoms in total. The fourth-order valence-electron chi connectivity index (χ4n) is 4.26. The van der Waals surface area contributed by atoms with Crippen molar-refractivity contribution >= 4 is 23.2 Å². The summed E-state index contributed by atoms with van der Waals surface area (Å²) in [5.74, 6) is 0.829. The van der Waals surface area contributed by atoms with Crippen LogP contribution in [-0.4, -0.2) is 21.1 Å². The van der Waals surface area contributed by atoms with Gasteiger partial charge < -0.3 is 9.84 Å². The number of carbonyl (C=O) groups excluding carboxylic acids is 1. The van der Waals surface area contributed by atoms with Crippen LogP contribution in [0.4, 0.5) is 4.79 Å². The fourth-order valence-corrected chi connectivity index (χ4v) is 4.39. The number of hydrogen-bond acceptors (Lipinski definition) is 4. The second-order valence-electron chi connectivity index (χ2n) is 8.73. The Labute approximate surface area is 209 Å². The minimum Gasteiger partial charge on any atom is -0.334 e. The van der Waals surface area contributed by atoms with Crippen LogP contribution in [0.25, 0.3) is 17.0 Å². The highest BCUT2D eigenvalue weighted by Gasteiger charge is 2.36. The molecule has 0 bridgehead atoms. The van der Waals surface area contributed by atoms with Gasteiger partial charge >= 0.3 is 6.03 Å². The van der Waals surface area contributed by atoms with Crippen LogP contribution in [0.5, 0.6) is 0 Å². The molecule has 0 radical (unpaired) electrons. The number of rotatable bonds is 5. The minimum absolute atomic E-state index is 0.169. The molecule has 0 saturated carbocycles. The molecule has 1 aliphatic heterocycles. The van der Waals surface area contributed by atoms with Crippen molar-refractivity contribution in [2.45, 2.75) is 33.4 Å². The first-order valence-corrected chi connectivity index (χ1v) is 11.8. The van der Waals surface area contributed by atoms with Gasteiger partial charge in [0.2, 0.25) is 5.82 Å². The summed E-state index contributed by atoms with van der Waals surface area (Å²) in [4.78, 5) is 19.7. The fraction of sp³-hybridized carbons (Fsp3) is 0.179. The molecule has 176 valence electrons. The number of aryl methyl sites for hydroxylation is 2. The van der Waals surface area contributed by atoms with Crippen molar-refractivity contribution in [2.75, 3.05) is 0 Å². The van der Waals surface area contributed by atoms with Crippen molar-refractivity contribution in [1.29, 1.82) is 0 Å². The van der Waals surface area contributed by atoms with Crippen LogP contribution >= 0.6 is 11.6 Å². The van der Waals surface area contributed by atoms with Crippen molar-refractivity contribution in [3.05, 3.63) is 112 Å². The van der Waals surface area contributed by atoms with E-state index >= 15 is 0 Å². The van der Waals surface area contributed by atoms with Crippen LogP contribution < -0.4 is 5.32 Å². The van der Waals surface area contributed by atoms with E-state index in [2.05, 4.69) is 10.5 Å². The van der Waals surface area contributed by atoms with Gasteiger partial charge in [-0.25, -0.2) is 4.79 Å². The Kier molecular flexibility index (Phi) is 6.14. The summed E-state index contributed by atoms with van der Waals surface area (Å²) in [5.41, 5.74) is 6.62. The Morgan fingerprint density at radius 2 is 1.69 bits per heavy atom. The molecule has 4 aromatic rings. The predicted molar refractivity (Wildman–Crippen MR) is 137 cm³/mol. The van der Waals surface area contributed by atoms with Crippen LogP contribution in [0.15, 0.2) is 83.0 Å². The lowest BCUT2D eigenvalue weighted by molar-refractivity contribution is 0.203. The van der Waals surface area contributed by atoms with Gasteiger partial charge in [-0.15, -0.1) is 0 Å². The van der Waals surface area contributed by atoms with Gasteiger partial charge in [0.15, 0.2) is 0 Å². The molecule has 0 spiro atoms. The summed E-state index contributed by atoms with van der Waals surface area (Å²) in [5, 5.41) is 8.01. The van der Waals surface area contributed by atoms with Crippen molar-refractivity contribution < 1.29 is 9.32 Å². The zero-order valence-electron chi connectivity index (χ0n) is 19.7. The van der Waals surface area contributed by atoms with Gasteiger partial charge in [0.1, 0.15) is 0 Å². The third-order valence-electron chi connectivity index (χ3n) is 6.36. The topological polar surface area (TPSA) is 71.3 Å². The molecule has 0 saturated heterocycles. The van der Waals surface area contributed by atoms with Gasteiger partial charge in [0.25, 0.3) is 5.89 Å². The van der Waals surface area contributed by atoms with Crippen molar-refractivity contribution in [1.82, 2.24) is 20.4 Å². The maximum absolute atomic E-state index is 13.3. The Bertz CT molecular complexity index is 1410. The second kappa shape index (κ2) is 9.39. The number of nitrogens with one attached hydrogen (secondary N) is 1. The summed E-state index contributed by atoms with van der Waals surface area (Å²) < 4.78 is 5.76. The minimum atomic E-state index is -0.422. The summed E-state index contributed by atoms with van der Waals surface area (Å²) in [6, 6.07) is 22.8. The average molecular weight is 485 g/mol. The summed E-state index contributed by atoms with van der Waals surface area (Å²) in [7, 11) is 0. The number of carbonyl (C=O) groups is 1. The number of urea groups is 1. The average Bonchev–Trinajstić information content (AvgIpc) is 3.33. The van der Waals surface area contributed by atoms with Crippen molar-refractivity contribution in [2.24, 2.45) is 0 Å². The Morgan fingerprint density at radius 3 is 2.40 bits per heavy atom. The maximum Gasteiger partial charge on any atom is 0.322 e. The largest absolute Gasteiger partial charge is 0.334 e. The second-order valence-corrected chi connectivity index (χ2v) is 9.17. The lowest BCUT2D eigenvalue weighted by Crippen LogP contribution is -2.45. The van der Waals surface area contributed by atoms with Crippen LogP contribution in [-0.2, 0) is 6.54 Å². The van der Waals surface area contributed by atoms with E-state index in [0.717, 1.165) is 39.1 Å². The Balaban J connectivity index is 1.60. The van der Waals surface area contributed by atoms with Gasteiger partial charge in [-0.2, -0.15) is 4.98 Å². The molecular formula is C28H25ClN4O2. The van der Waals surface area contributed by atoms with Crippen LogP contribution in [0, 0.1) is 13.8 Å². The first-order chi connectivity index (χ1) is 16.9. The van der Waals surface area contributed by atoms with Gasteiger partial charge in [0.05, 0.1) is 18.2 Å². The SMILES string of the molecule is CC1=C(c2nc(-c3ccc(Cl)cc3)no2)C(c2ccc(C)cc2)NC(=O)N1Cc1ccccc1C. The number of benzene rings is 3. The monoisotopic (exact) mass is 484 g/mol. The molecule has 1 unspecified atom stereocenters. The van der Waals surface area contributed by atoms with Gasteiger partial charge in [-0.3, -0.25) is 4.90 Å². The highest BCUT2D eigenvalue weighted by Crippen LogP contribution is 2.38. The van der Waals surface area contributed by atoms with E-state index in [0.29, 0.717) is 23.3 Å². The molecule has 7 heteroatoms. The number of hydrogen-bond donors (Lipinski definition) is 1. The number of amides is 2. The molecule has 1 aliphatic rings. The quantitative estimate of drug-likeness (QED) is 0.342. The van der Waals surface area contributed by atoms with E-state index in [-0.39, 0.29) is 6.03 Å². The summed E-state index contributed by atoms with van der Waals surface area (Å²) in [6.45, 7) is 6.44. The molecule has 5 rings (SSSR count). The summed E-state index contributed by atoms with van der Waals surface area (Å²) >= 11 is 6.03. The standard InChI is InChI=1S/C28H25ClN4O2/c1-17-8-10-20(11-9-17)25-24(27-31-26(32-35-27)21-12-14-23(29)15-13-21)19(3)33(28(34)30-25)16-22-7-5-4-6-18(22)2/h4-15,25H,16H2,1-3H3,(H,30,34). The van der Waals surface area contributed by atoms with Crippen LogP contribution in [0.3, 0.4) is 0 Å². The van der Waals surface area contributed by atoms with E-state index in [1.165, 1.54) is 0 Å². The van der Waals surface area contributed by atoms with Crippen molar-refractivity contribution in [3.63, 3.8) is 0 Å². The van der Waals surface area contributed by atoms with E-state index in [1.54, 1.807) is 17.0 Å². The van der Waals surface area contributed by atoms with E-state index in [9.17, 15) is 4.79 Å². The third kappa shape index (κ3) is 4.57. The zero-order valence-corrected chi connectivity index (χ0v) is 20.5. The number of nitrogens with zero attached hydrogens (tertiary/aromatic N) is 3. The Hall–Kier alpha value is -3.90. The van der Waals surface area contributed by atoms with E-state index < -0.39 is 6.04 Å². The lowest BCUT2D eigenvalue weighted by atomic mass is 9.93. The Morgan fingerprint density at radius 1 is 0.971 bits per heavy atom. The summed E-state index contributed by atoms with van der Waals surface area (Å²) in [6.07, 6.45) is 0. The predicted octanol–water partition coefficient (Wildman–Crippen LogP) is 6.70. The van der Waals surface area contributed by atoms with E-state index in [4.69, 9.17) is 21.1 Å². The number of halogens is 1. The smallest absolute Gasteiger partial charge is 0.322 e. The zero-order chi connectivity index (χ0) is 24.5. The third-order valence-corrected chi connectivity index (χ3v) is 6.61. The first kappa shape index (κ1) is 22.9. The van der Waals surface area contributed by atoms with E-state index in [1.807, 2.05) is 81.4 Å². The maximum atomic E-state index is 13.3. The first-order valence-electron chi connectivity index (χ1n) is 11.4. The molecule has 0 aliphatic carbocycles.